The average Bonchev–Trinajstić information content (AvgIpc) is 2.37. The van der Waals surface area contributed by atoms with E-state index >= 15 is 0 Å². The van der Waals surface area contributed by atoms with Gasteiger partial charge in [-0.2, -0.15) is 0 Å². The van der Waals surface area contributed by atoms with E-state index in [-0.39, 0.29) is 21.9 Å². The standard InChI is InChI=1S/C14H20BrNO3/c1-3-9(4-2)10(15)8-16-14(19)13-11(17)6-5-7-12(13)18/h5-7,9-10,17-18H,3-4,8H2,1-2H3,(H,16,19). The van der Waals surface area contributed by atoms with Crippen LogP contribution in [0.3, 0.4) is 0 Å². The summed E-state index contributed by atoms with van der Waals surface area (Å²) in [6, 6.07) is 4.24. The summed E-state index contributed by atoms with van der Waals surface area (Å²) in [6.45, 7) is 4.68. The Balaban J connectivity index is 2.66. The van der Waals surface area contributed by atoms with Crippen LogP contribution < -0.4 is 5.32 Å². The zero-order chi connectivity index (χ0) is 14.4. The molecular formula is C14H20BrNO3. The average molecular weight is 330 g/mol. The Bertz CT molecular complexity index is 412. The molecule has 0 aliphatic carbocycles. The highest BCUT2D eigenvalue weighted by Gasteiger charge is 2.19. The van der Waals surface area contributed by atoms with Gasteiger partial charge in [0.25, 0.3) is 5.91 Å². The van der Waals surface area contributed by atoms with Crippen LogP contribution in [0.5, 0.6) is 11.5 Å². The van der Waals surface area contributed by atoms with Crippen LogP contribution in [0.25, 0.3) is 0 Å². The van der Waals surface area contributed by atoms with Crippen LogP contribution in [0.1, 0.15) is 37.0 Å². The first-order valence-electron chi connectivity index (χ1n) is 6.44. The maximum atomic E-state index is 11.9. The van der Waals surface area contributed by atoms with Crippen LogP contribution in [0.4, 0.5) is 0 Å². The summed E-state index contributed by atoms with van der Waals surface area (Å²) in [6.07, 6.45) is 2.06. The normalized spacial score (nSPS) is 12.4. The predicted octanol–water partition coefficient (Wildman–Crippen LogP) is 3.03. The summed E-state index contributed by atoms with van der Waals surface area (Å²) in [5.41, 5.74) is -0.0771. The lowest BCUT2D eigenvalue weighted by Crippen LogP contribution is -2.33. The number of rotatable bonds is 6. The van der Waals surface area contributed by atoms with Gasteiger partial charge < -0.3 is 15.5 Å². The lowest BCUT2D eigenvalue weighted by Gasteiger charge is -2.20. The van der Waals surface area contributed by atoms with Gasteiger partial charge in [0.05, 0.1) is 0 Å². The molecule has 1 atom stereocenters. The first kappa shape index (κ1) is 15.8. The fraction of sp³-hybridized carbons (Fsp3) is 0.500. The van der Waals surface area contributed by atoms with Crippen molar-refractivity contribution < 1.29 is 15.0 Å². The van der Waals surface area contributed by atoms with E-state index in [1.165, 1.54) is 18.2 Å². The van der Waals surface area contributed by atoms with Gasteiger partial charge in [-0.25, -0.2) is 0 Å². The molecule has 1 aromatic rings. The Labute approximate surface area is 122 Å². The molecule has 0 fully saturated rings. The quantitative estimate of drug-likeness (QED) is 0.702. The van der Waals surface area contributed by atoms with Crippen LogP contribution in [0.2, 0.25) is 0 Å². The van der Waals surface area contributed by atoms with Gasteiger partial charge >= 0.3 is 0 Å². The number of carbonyl (C=O) groups is 1. The predicted molar refractivity (Wildman–Crippen MR) is 78.9 cm³/mol. The second-order valence-electron chi connectivity index (χ2n) is 4.47. The Kier molecular flexibility index (Phi) is 6.15. The Morgan fingerprint density at radius 3 is 2.26 bits per heavy atom. The van der Waals surface area contributed by atoms with Gasteiger partial charge in [-0.15, -0.1) is 0 Å². The number of alkyl halides is 1. The molecule has 0 aliphatic heterocycles. The summed E-state index contributed by atoms with van der Waals surface area (Å²) in [5.74, 6) is -0.415. The molecule has 5 heteroatoms. The molecule has 0 heterocycles. The van der Waals surface area contributed by atoms with E-state index in [0.717, 1.165) is 12.8 Å². The molecule has 1 amide bonds. The molecular weight excluding hydrogens is 310 g/mol. The van der Waals surface area contributed by atoms with Gasteiger partial charge in [0.1, 0.15) is 17.1 Å². The van der Waals surface area contributed by atoms with E-state index in [2.05, 4.69) is 35.1 Å². The van der Waals surface area contributed by atoms with Crippen molar-refractivity contribution in [1.29, 1.82) is 0 Å². The highest BCUT2D eigenvalue weighted by Crippen LogP contribution is 2.26. The molecule has 0 aliphatic rings. The number of phenolic OH excluding ortho intramolecular Hbond substituents is 2. The number of hydrogen-bond acceptors (Lipinski definition) is 3. The Morgan fingerprint density at radius 2 is 1.79 bits per heavy atom. The highest BCUT2D eigenvalue weighted by atomic mass is 79.9. The van der Waals surface area contributed by atoms with E-state index < -0.39 is 5.91 Å². The van der Waals surface area contributed by atoms with Crippen molar-refractivity contribution in [3.05, 3.63) is 23.8 Å². The molecule has 1 aromatic carbocycles. The number of carbonyl (C=O) groups excluding carboxylic acids is 1. The third-order valence-corrected chi connectivity index (χ3v) is 4.34. The third kappa shape index (κ3) is 4.13. The molecule has 4 nitrogen and oxygen atoms in total. The van der Waals surface area contributed by atoms with Crippen molar-refractivity contribution in [2.24, 2.45) is 5.92 Å². The van der Waals surface area contributed by atoms with Gasteiger partial charge in [0.2, 0.25) is 0 Å². The zero-order valence-corrected chi connectivity index (χ0v) is 12.8. The van der Waals surface area contributed by atoms with Crippen molar-refractivity contribution in [2.45, 2.75) is 31.5 Å². The van der Waals surface area contributed by atoms with E-state index in [0.29, 0.717) is 12.5 Å². The minimum atomic E-state index is -0.467. The van der Waals surface area contributed by atoms with Gasteiger partial charge in [0.15, 0.2) is 0 Å². The Hall–Kier alpha value is -1.23. The maximum Gasteiger partial charge on any atom is 0.258 e. The van der Waals surface area contributed by atoms with Crippen molar-refractivity contribution in [2.75, 3.05) is 6.54 Å². The van der Waals surface area contributed by atoms with E-state index in [9.17, 15) is 15.0 Å². The van der Waals surface area contributed by atoms with Gasteiger partial charge in [0, 0.05) is 11.4 Å². The first-order chi connectivity index (χ1) is 9.01. The van der Waals surface area contributed by atoms with Crippen LogP contribution in [-0.2, 0) is 0 Å². The summed E-state index contributed by atoms with van der Waals surface area (Å²) < 4.78 is 0. The van der Waals surface area contributed by atoms with Crippen LogP contribution >= 0.6 is 15.9 Å². The summed E-state index contributed by atoms with van der Waals surface area (Å²) >= 11 is 3.56. The van der Waals surface area contributed by atoms with E-state index in [1.807, 2.05) is 0 Å². The largest absolute Gasteiger partial charge is 0.507 e. The zero-order valence-electron chi connectivity index (χ0n) is 11.2. The molecule has 0 radical (unpaired) electrons. The molecule has 0 saturated heterocycles. The molecule has 0 bridgehead atoms. The second-order valence-corrected chi connectivity index (χ2v) is 5.65. The van der Waals surface area contributed by atoms with E-state index in [4.69, 9.17) is 0 Å². The number of benzene rings is 1. The number of phenols is 2. The first-order valence-corrected chi connectivity index (χ1v) is 7.36. The smallest absolute Gasteiger partial charge is 0.258 e. The van der Waals surface area contributed by atoms with Gasteiger partial charge in [-0.3, -0.25) is 4.79 Å². The lowest BCUT2D eigenvalue weighted by atomic mass is 9.99. The fourth-order valence-corrected chi connectivity index (χ4v) is 2.92. The number of aromatic hydroxyl groups is 2. The molecule has 0 spiro atoms. The van der Waals surface area contributed by atoms with Gasteiger partial charge in [-0.1, -0.05) is 48.7 Å². The van der Waals surface area contributed by atoms with Crippen molar-refractivity contribution in [1.82, 2.24) is 5.32 Å². The van der Waals surface area contributed by atoms with Gasteiger partial charge in [-0.05, 0) is 18.1 Å². The Morgan fingerprint density at radius 1 is 1.26 bits per heavy atom. The lowest BCUT2D eigenvalue weighted by molar-refractivity contribution is 0.0946. The molecule has 0 saturated carbocycles. The van der Waals surface area contributed by atoms with Crippen molar-refractivity contribution >= 4 is 21.8 Å². The summed E-state index contributed by atoms with van der Waals surface area (Å²) in [5, 5.41) is 21.9. The van der Waals surface area contributed by atoms with Crippen molar-refractivity contribution in [3.8, 4) is 11.5 Å². The second kappa shape index (κ2) is 7.38. The molecule has 19 heavy (non-hydrogen) atoms. The summed E-state index contributed by atoms with van der Waals surface area (Å²) in [7, 11) is 0. The maximum absolute atomic E-state index is 11.9. The van der Waals surface area contributed by atoms with Crippen LogP contribution in [-0.4, -0.2) is 27.5 Å². The molecule has 106 valence electrons. The van der Waals surface area contributed by atoms with Crippen LogP contribution in [0, 0.1) is 5.92 Å². The minimum absolute atomic E-state index is 0.0771. The number of nitrogens with one attached hydrogen (secondary N) is 1. The molecule has 1 rings (SSSR count). The summed E-state index contributed by atoms with van der Waals surface area (Å²) in [4.78, 5) is 12.1. The van der Waals surface area contributed by atoms with Crippen LogP contribution in [0.15, 0.2) is 18.2 Å². The topological polar surface area (TPSA) is 69.6 Å². The van der Waals surface area contributed by atoms with E-state index in [1.54, 1.807) is 0 Å². The fourth-order valence-electron chi connectivity index (χ4n) is 2.01. The monoisotopic (exact) mass is 329 g/mol. The number of halogens is 1. The number of hydrogen-bond donors (Lipinski definition) is 3. The SMILES string of the molecule is CCC(CC)C(Br)CNC(=O)c1c(O)cccc1O. The highest BCUT2D eigenvalue weighted by molar-refractivity contribution is 9.09. The third-order valence-electron chi connectivity index (χ3n) is 3.27. The molecule has 1 unspecified atom stereocenters. The number of amides is 1. The van der Waals surface area contributed by atoms with Crippen molar-refractivity contribution in [3.63, 3.8) is 0 Å². The molecule has 3 N–H and O–H groups in total. The minimum Gasteiger partial charge on any atom is -0.507 e. The molecule has 0 aromatic heterocycles.